The summed E-state index contributed by atoms with van der Waals surface area (Å²) in [5.41, 5.74) is -1.33. The summed E-state index contributed by atoms with van der Waals surface area (Å²) in [7, 11) is 1.60. The molecule has 3 saturated carbocycles. The van der Waals surface area contributed by atoms with Crippen molar-refractivity contribution in [2.45, 2.75) is 78.1 Å². The molecule has 8 atom stereocenters. The van der Waals surface area contributed by atoms with Crippen LogP contribution in [0, 0.1) is 34.5 Å². The van der Waals surface area contributed by atoms with Gasteiger partial charge in [0.1, 0.15) is 0 Å². The van der Waals surface area contributed by atoms with E-state index in [1.165, 1.54) is 0 Å². The van der Waals surface area contributed by atoms with Gasteiger partial charge < -0.3 is 19.3 Å². The highest BCUT2D eigenvalue weighted by molar-refractivity contribution is 6.01. The summed E-state index contributed by atoms with van der Waals surface area (Å²) < 4.78 is 17.6. The monoisotopic (exact) mass is 488 g/mol. The highest BCUT2D eigenvalue weighted by Crippen LogP contribution is 2.68. The lowest BCUT2D eigenvalue weighted by atomic mass is 9.46. The van der Waals surface area contributed by atoms with E-state index >= 15 is 0 Å². The third-order valence-corrected chi connectivity index (χ3v) is 9.54. The first kappa shape index (κ1) is 26.2. The van der Waals surface area contributed by atoms with Crippen LogP contribution < -0.4 is 0 Å². The number of ether oxygens (including phenoxy) is 3. The van der Waals surface area contributed by atoms with Crippen molar-refractivity contribution in [1.82, 2.24) is 0 Å². The van der Waals surface area contributed by atoms with E-state index in [4.69, 9.17) is 14.2 Å². The molecular weight excluding hydrogens is 448 g/mol. The summed E-state index contributed by atoms with van der Waals surface area (Å²) in [6.45, 7) is 9.40. The van der Waals surface area contributed by atoms with E-state index in [0.717, 1.165) is 18.4 Å². The molecule has 7 heteroatoms. The van der Waals surface area contributed by atoms with Crippen LogP contribution in [0.4, 0.5) is 0 Å². The summed E-state index contributed by atoms with van der Waals surface area (Å²) in [5.74, 6) is -0.926. The van der Waals surface area contributed by atoms with Gasteiger partial charge in [-0.2, -0.15) is 0 Å². The molecule has 0 spiro atoms. The lowest BCUT2D eigenvalue weighted by molar-refractivity contribution is -0.210. The van der Waals surface area contributed by atoms with Gasteiger partial charge in [0.2, 0.25) is 5.78 Å². The SMILES string of the molecule is CCO[C@]1(C(=O)COC(=O)C(C)C)[C@H](OC)C[C@H]2[C@@H]3CCC4=CC(=O)C=C[C@]4(C)[C@H]3[C@@H](O)C[C@@]21C. The molecule has 0 aromatic rings. The van der Waals surface area contributed by atoms with Gasteiger partial charge in [-0.15, -0.1) is 0 Å². The molecule has 0 aliphatic heterocycles. The molecule has 1 N–H and O–H groups in total. The minimum Gasteiger partial charge on any atom is -0.457 e. The summed E-state index contributed by atoms with van der Waals surface area (Å²) in [4.78, 5) is 38.1. The molecule has 4 aliphatic carbocycles. The number of esters is 1. The van der Waals surface area contributed by atoms with Crippen LogP contribution in [-0.4, -0.2) is 60.8 Å². The second-order valence-electron chi connectivity index (χ2n) is 11.5. The van der Waals surface area contributed by atoms with Gasteiger partial charge in [0.05, 0.1) is 18.1 Å². The van der Waals surface area contributed by atoms with Crippen LogP contribution in [0.15, 0.2) is 23.8 Å². The van der Waals surface area contributed by atoms with Gasteiger partial charge in [-0.05, 0) is 56.6 Å². The molecule has 0 unspecified atom stereocenters. The predicted molar refractivity (Wildman–Crippen MR) is 129 cm³/mol. The van der Waals surface area contributed by atoms with E-state index < -0.39 is 34.6 Å². The van der Waals surface area contributed by atoms with Crippen molar-refractivity contribution in [3.05, 3.63) is 23.8 Å². The van der Waals surface area contributed by atoms with Gasteiger partial charge in [0.15, 0.2) is 18.0 Å². The molecule has 4 aliphatic rings. The number of carbonyl (C=O) groups excluding carboxylic acids is 3. The predicted octanol–water partition coefficient (Wildman–Crippen LogP) is 3.43. The van der Waals surface area contributed by atoms with Gasteiger partial charge in [-0.3, -0.25) is 14.4 Å². The van der Waals surface area contributed by atoms with Crippen molar-refractivity contribution in [3.8, 4) is 0 Å². The van der Waals surface area contributed by atoms with Crippen LogP contribution >= 0.6 is 0 Å². The number of rotatable bonds is 7. The van der Waals surface area contributed by atoms with Crippen molar-refractivity contribution in [1.29, 1.82) is 0 Å². The molecule has 194 valence electrons. The minimum atomic E-state index is -1.32. The number of allylic oxidation sites excluding steroid dienone is 4. The van der Waals surface area contributed by atoms with Crippen LogP contribution in [0.3, 0.4) is 0 Å². The zero-order chi connectivity index (χ0) is 25.8. The Morgan fingerprint density at radius 3 is 2.60 bits per heavy atom. The lowest BCUT2D eigenvalue weighted by Crippen LogP contribution is -2.65. The average molecular weight is 489 g/mol. The Labute approximate surface area is 208 Å². The Kier molecular flexibility index (Phi) is 6.92. The van der Waals surface area contributed by atoms with E-state index in [-0.39, 0.29) is 41.8 Å². The van der Waals surface area contributed by atoms with Crippen molar-refractivity contribution < 1.29 is 33.7 Å². The van der Waals surface area contributed by atoms with Crippen LogP contribution in [-0.2, 0) is 28.6 Å². The van der Waals surface area contributed by atoms with Crippen LogP contribution in [0.1, 0.15) is 60.3 Å². The highest BCUT2D eigenvalue weighted by atomic mass is 16.6. The van der Waals surface area contributed by atoms with E-state index in [9.17, 15) is 19.5 Å². The smallest absolute Gasteiger partial charge is 0.308 e. The van der Waals surface area contributed by atoms with E-state index in [1.807, 2.05) is 19.9 Å². The number of methoxy groups -OCH3 is 1. The maximum absolute atomic E-state index is 13.9. The molecular formula is C28H40O7. The van der Waals surface area contributed by atoms with E-state index in [2.05, 4.69) is 6.92 Å². The standard InChI is InChI=1S/C28H40O7/c1-7-35-28(22(31)15-34-25(32)16(2)3)23(33-6)13-20-19-9-8-17-12-18(29)10-11-26(17,4)24(19)21(30)14-27(20,28)5/h10-12,16,19-21,23-24,30H,7-9,13-15H2,1-6H3/t19-,20-,21-,23+,24+,26-,27-,28+/m0/s1. The van der Waals surface area contributed by atoms with E-state index in [1.54, 1.807) is 33.1 Å². The highest BCUT2D eigenvalue weighted by Gasteiger charge is 2.73. The molecule has 0 aromatic heterocycles. The molecule has 0 saturated heterocycles. The fraction of sp³-hybridized carbons (Fsp3) is 0.750. The Bertz CT molecular complexity index is 951. The Hall–Kier alpha value is -1.83. The zero-order valence-corrected chi connectivity index (χ0v) is 21.8. The number of fused-ring (bicyclic) bond motifs is 5. The fourth-order valence-electron chi connectivity index (χ4n) is 8.04. The third-order valence-electron chi connectivity index (χ3n) is 9.54. The number of hydrogen-bond donors (Lipinski definition) is 1. The molecule has 4 rings (SSSR count). The van der Waals surface area contributed by atoms with Gasteiger partial charge in [-0.1, -0.05) is 39.3 Å². The maximum atomic E-state index is 13.9. The van der Waals surface area contributed by atoms with Crippen molar-refractivity contribution in [2.24, 2.45) is 34.5 Å². The quantitative estimate of drug-likeness (QED) is 0.548. The molecule has 0 heterocycles. The lowest BCUT2D eigenvalue weighted by Gasteiger charge is -2.60. The first-order valence-corrected chi connectivity index (χ1v) is 12.9. The number of ketones is 2. The van der Waals surface area contributed by atoms with E-state index in [0.29, 0.717) is 19.4 Å². The topological polar surface area (TPSA) is 99.1 Å². The third kappa shape index (κ3) is 3.77. The van der Waals surface area contributed by atoms with Gasteiger partial charge in [-0.25, -0.2) is 0 Å². The largest absolute Gasteiger partial charge is 0.457 e. The van der Waals surface area contributed by atoms with Crippen molar-refractivity contribution >= 4 is 17.5 Å². The number of hydrogen-bond acceptors (Lipinski definition) is 7. The molecule has 7 nitrogen and oxygen atoms in total. The van der Waals surface area contributed by atoms with Gasteiger partial charge in [0, 0.05) is 30.5 Å². The molecule has 0 aromatic carbocycles. The average Bonchev–Trinajstić information content (AvgIpc) is 3.05. The summed E-state index contributed by atoms with van der Waals surface area (Å²) in [5, 5.41) is 11.7. The first-order valence-electron chi connectivity index (χ1n) is 12.9. The Balaban J connectivity index is 1.73. The fourth-order valence-corrected chi connectivity index (χ4v) is 8.04. The number of Topliss-reactive ketones (excluding diaryl/α,β-unsaturated/α-hetero) is 1. The minimum absolute atomic E-state index is 0.00304. The number of carbonyl (C=O) groups is 3. The molecule has 0 bridgehead atoms. The van der Waals surface area contributed by atoms with Gasteiger partial charge in [0.25, 0.3) is 0 Å². The van der Waals surface area contributed by atoms with Crippen LogP contribution in [0.25, 0.3) is 0 Å². The van der Waals surface area contributed by atoms with Crippen LogP contribution in [0.5, 0.6) is 0 Å². The molecule has 0 radical (unpaired) electrons. The second-order valence-corrected chi connectivity index (χ2v) is 11.5. The first-order chi connectivity index (χ1) is 16.5. The number of aliphatic hydroxyl groups excluding tert-OH is 1. The molecule has 0 amide bonds. The summed E-state index contributed by atoms with van der Waals surface area (Å²) in [6.07, 6.45) is 6.75. The van der Waals surface area contributed by atoms with Crippen LogP contribution in [0.2, 0.25) is 0 Å². The van der Waals surface area contributed by atoms with Gasteiger partial charge >= 0.3 is 5.97 Å². The molecule has 3 fully saturated rings. The Morgan fingerprint density at radius 2 is 1.97 bits per heavy atom. The zero-order valence-electron chi connectivity index (χ0n) is 21.8. The second kappa shape index (κ2) is 9.24. The summed E-state index contributed by atoms with van der Waals surface area (Å²) >= 11 is 0. The van der Waals surface area contributed by atoms with Crippen molar-refractivity contribution in [3.63, 3.8) is 0 Å². The molecule has 35 heavy (non-hydrogen) atoms. The summed E-state index contributed by atoms with van der Waals surface area (Å²) in [6, 6.07) is 0. The number of aliphatic hydroxyl groups is 1. The maximum Gasteiger partial charge on any atom is 0.308 e. The van der Waals surface area contributed by atoms with Crippen molar-refractivity contribution in [2.75, 3.05) is 20.3 Å². The Morgan fingerprint density at radius 1 is 1.26 bits per heavy atom. The normalized spacial score (nSPS) is 42.2.